The lowest BCUT2D eigenvalue weighted by atomic mass is 10.2. The van der Waals surface area contributed by atoms with Crippen LogP contribution in [0.25, 0.3) is 0 Å². The van der Waals surface area contributed by atoms with Crippen LogP contribution in [0.1, 0.15) is 5.56 Å². The molecule has 78 valence electrons. The number of guanidine groups is 1. The van der Waals surface area contributed by atoms with E-state index in [9.17, 15) is 0 Å². The fourth-order valence-corrected chi connectivity index (χ4v) is 2.00. The molecule has 0 atom stereocenters. The van der Waals surface area contributed by atoms with E-state index in [1.54, 1.807) is 0 Å². The molecule has 0 fully saturated rings. The number of halogens is 3. The van der Waals surface area contributed by atoms with E-state index in [0.717, 1.165) is 14.5 Å². The van der Waals surface area contributed by atoms with Crippen molar-refractivity contribution in [2.45, 2.75) is 6.54 Å². The molecule has 1 aromatic carbocycles. The molecule has 3 nitrogen and oxygen atoms in total. The standard InChI is InChI=1S/C8H9Br2N3.ClH/c9-6-2-1-5(7(10)3-6)4-13-8(11)12;/h1-3H,4H2,(H4,11,12,13);1H. The third kappa shape index (κ3) is 4.30. The Morgan fingerprint density at radius 3 is 2.43 bits per heavy atom. The summed E-state index contributed by atoms with van der Waals surface area (Å²) >= 11 is 6.78. The summed E-state index contributed by atoms with van der Waals surface area (Å²) in [4.78, 5) is 3.91. The minimum absolute atomic E-state index is 0. The largest absolute Gasteiger partial charge is 0.370 e. The van der Waals surface area contributed by atoms with E-state index in [4.69, 9.17) is 11.5 Å². The van der Waals surface area contributed by atoms with Gasteiger partial charge in [-0.15, -0.1) is 12.4 Å². The van der Waals surface area contributed by atoms with Gasteiger partial charge in [-0.2, -0.15) is 0 Å². The first kappa shape index (κ1) is 13.7. The maximum Gasteiger partial charge on any atom is 0.186 e. The highest BCUT2D eigenvalue weighted by molar-refractivity contribution is 9.11. The molecule has 0 bridgehead atoms. The van der Waals surface area contributed by atoms with E-state index in [1.165, 1.54) is 0 Å². The zero-order chi connectivity index (χ0) is 9.84. The van der Waals surface area contributed by atoms with Crippen LogP contribution >= 0.6 is 44.3 Å². The Morgan fingerprint density at radius 1 is 1.29 bits per heavy atom. The van der Waals surface area contributed by atoms with Crippen molar-refractivity contribution in [1.29, 1.82) is 0 Å². The highest BCUT2D eigenvalue weighted by atomic mass is 79.9. The van der Waals surface area contributed by atoms with E-state index in [1.807, 2.05) is 18.2 Å². The number of rotatable bonds is 2. The Hall–Kier alpha value is -0.260. The highest BCUT2D eigenvalue weighted by Crippen LogP contribution is 2.22. The van der Waals surface area contributed by atoms with Gasteiger partial charge in [0.1, 0.15) is 0 Å². The number of hydrogen-bond acceptors (Lipinski definition) is 1. The van der Waals surface area contributed by atoms with Crippen LogP contribution in [0.3, 0.4) is 0 Å². The zero-order valence-electron chi connectivity index (χ0n) is 7.21. The predicted molar refractivity (Wildman–Crippen MR) is 68.6 cm³/mol. The van der Waals surface area contributed by atoms with Crippen molar-refractivity contribution in [3.63, 3.8) is 0 Å². The molecule has 0 amide bonds. The lowest BCUT2D eigenvalue weighted by Crippen LogP contribution is -2.22. The second kappa shape index (κ2) is 6.27. The van der Waals surface area contributed by atoms with Gasteiger partial charge in [-0.25, -0.2) is 4.99 Å². The number of nitrogens with two attached hydrogens (primary N) is 2. The predicted octanol–water partition coefficient (Wildman–Crippen LogP) is 2.41. The summed E-state index contributed by atoms with van der Waals surface area (Å²) in [5, 5.41) is 0. The number of nitrogens with zero attached hydrogens (tertiary/aromatic N) is 1. The van der Waals surface area contributed by atoms with Crippen molar-refractivity contribution in [2.75, 3.05) is 0 Å². The lowest BCUT2D eigenvalue weighted by molar-refractivity contribution is 1.04. The fraction of sp³-hybridized carbons (Fsp3) is 0.125. The van der Waals surface area contributed by atoms with Crippen molar-refractivity contribution in [2.24, 2.45) is 16.5 Å². The molecule has 0 saturated carbocycles. The monoisotopic (exact) mass is 341 g/mol. The minimum atomic E-state index is 0. The van der Waals surface area contributed by atoms with Crippen molar-refractivity contribution in [1.82, 2.24) is 0 Å². The summed E-state index contributed by atoms with van der Waals surface area (Å²) in [5.74, 6) is 0.106. The summed E-state index contributed by atoms with van der Waals surface area (Å²) in [5.41, 5.74) is 11.5. The molecule has 1 aromatic rings. The van der Waals surface area contributed by atoms with Gasteiger partial charge in [-0.05, 0) is 17.7 Å². The SMILES string of the molecule is Cl.NC(N)=NCc1ccc(Br)cc1Br. The second-order valence-electron chi connectivity index (χ2n) is 2.48. The summed E-state index contributed by atoms with van der Waals surface area (Å²) in [6, 6.07) is 5.86. The molecule has 0 spiro atoms. The van der Waals surface area contributed by atoms with Crippen molar-refractivity contribution in [3.8, 4) is 0 Å². The van der Waals surface area contributed by atoms with Crippen LogP contribution in [0.4, 0.5) is 0 Å². The summed E-state index contributed by atoms with van der Waals surface area (Å²) in [7, 11) is 0. The molecule has 6 heteroatoms. The molecular weight excluding hydrogens is 333 g/mol. The average molecular weight is 343 g/mol. The third-order valence-electron chi connectivity index (χ3n) is 1.45. The van der Waals surface area contributed by atoms with E-state index < -0.39 is 0 Å². The van der Waals surface area contributed by atoms with Crippen LogP contribution in [0.2, 0.25) is 0 Å². The minimum Gasteiger partial charge on any atom is -0.370 e. The maximum absolute atomic E-state index is 5.22. The van der Waals surface area contributed by atoms with Gasteiger partial charge in [0, 0.05) is 8.95 Å². The normalized spacial score (nSPS) is 9.00. The Kier molecular flexibility index (Phi) is 6.15. The highest BCUT2D eigenvalue weighted by Gasteiger charge is 1.98. The van der Waals surface area contributed by atoms with Gasteiger partial charge in [0.05, 0.1) is 6.54 Å². The molecule has 1 rings (SSSR count). The maximum atomic E-state index is 5.22. The summed E-state index contributed by atoms with van der Waals surface area (Å²) < 4.78 is 2.01. The quantitative estimate of drug-likeness (QED) is 0.640. The third-order valence-corrected chi connectivity index (χ3v) is 2.68. The zero-order valence-corrected chi connectivity index (χ0v) is 11.2. The van der Waals surface area contributed by atoms with Crippen LogP contribution in [-0.2, 0) is 6.54 Å². The van der Waals surface area contributed by atoms with Crippen LogP contribution < -0.4 is 11.5 Å². The van der Waals surface area contributed by atoms with Crippen LogP contribution in [0.5, 0.6) is 0 Å². The summed E-state index contributed by atoms with van der Waals surface area (Å²) in [6.07, 6.45) is 0. The number of benzene rings is 1. The molecular formula is C8H10Br2ClN3. The first-order valence-corrected chi connectivity index (χ1v) is 5.17. The van der Waals surface area contributed by atoms with Crippen LogP contribution in [-0.4, -0.2) is 5.96 Å². The fourth-order valence-electron chi connectivity index (χ4n) is 0.826. The lowest BCUT2D eigenvalue weighted by Gasteiger charge is -2.01. The van der Waals surface area contributed by atoms with Crippen molar-refractivity contribution < 1.29 is 0 Å². The van der Waals surface area contributed by atoms with Crippen LogP contribution in [0, 0.1) is 0 Å². The Balaban J connectivity index is 0.00000169. The van der Waals surface area contributed by atoms with Gasteiger partial charge in [0.2, 0.25) is 0 Å². The number of aliphatic imine (C=N–C) groups is 1. The molecule has 0 aliphatic rings. The molecule has 14 heavy (non-hydrogen) atoms. The molecule has 0 aliphatic carbocycles. The van der Waals surface area contributed by atoms with Crippen molar-refractivity contribution in [3.05, 3.63) is 32.7 Å². The molecule has 0 aromatic heterocycles. The molecule has 0 unspecified atom stereocenters. The second-order valence-corrected chi connectivity index (χ2v) is 4.25. The van der Waals surface area contributed by atoms with Gasteiger partial charge >= 0.3 is 0 Å². The van der Waals surface area contributed by atoms with E-state index in [2.05, 4.69) is 36.9 Å². The smallest absolute Gasteiger partial charge is 0.186 e. The van der Waals surface area contributed by atoms with E-state index >= 15 is 0 Å². The first-order chi connectivity index (χ1) is 6.09. The Morgan fingerprint density at radius 2 is 1.93 bits per heavy atom. The van der Waals surface area contributed by atoms with Gasteiger partial charge in [-0.1, -0.05) is 37.9 Å². The van der Waals surface area contributed by atoms with Crippen LogP contribution in [0.15, 0.2) is 32.1 Å². The van der Waals surface area contributed by atoms with Gasteiger partial charge in [-0.3, -0.25) is 0 Å². The molecule has 0 radical (unpaired) electrons. The van der Waals surface area contributed by atoms with Gasteiger partial charge in [0.25, 0.3) is 0 Å². The Bertz CT molecular complexity index is 337. The molecule has 4 N–H and O–H groups in total. The molecule has 0 aliphatic heterocycles. The Labute approximate surface area is 106 Å². The van der Waals surface area contributed by atoms with Gasteiger partial charge in [0.15, 0.2) is 5.96 Å². The average Bonchev–Trinajstić information content (AvgIpc) is 2.02. The topological polar surface area (TPSA) is 64.4 Å². The molecule has 0 heterocycles. The first-order valence-electron chi connectivity index (χ1n) is 3.59. The van der Waals surface area contributed by atoms with E-state index in [0.29, 0.717) is 6.54 Å². The molecule has 0 saturated heterocycles. The summed E-state index contributed by atoms with van der Waals surface area (Å²) in [6.45, 7) is 0.496. The van der Waals surface area contributed by atoms with Gasteiger partial charge < -0.3 is 11.5 Å². The van der Waals surface area contributed by atoms with E-state index in [-0.39, 0.29) is 18.4 Å². The van der Waals surface area contributed by atoms with Crippen molar-refractivity contribution >= 4 is 50.2 Å². The number of hydrogen-bond donors (Lipinski definition) is 2.